The van der Waals surface area contributed by atoms with Crippen LogP contribution in [0.5, 0.6) is 0 Å². The predicted octanol–water partition coefficient (Wildman–Crippen LogP) is 3.66. The van der Waals surface area contributed by atoms with Crippen LogP contribution < -0.4 is 10.6 Å². The highest BCUT2D eigenvalue weighted by molar-refractivity contribution is 14.0. The molecule has 0 radical (unpaired) electrons. The number of rotatable bonds is 10. The van der Waals surface area contributed by atoms with Gasteiger partial charge in [-0.25, -0.2) is 4.99 Å². The van der Waals surface area contributed by atoms with Crippen LogP contribution in [0.2, 0.25) is 0 Å². The Kier molecular flexibility index (Phi) is 11.6. The molecule has 0 amide bonds. The van der Waals surface area contributed by atoms with Crippen molar-refractivity contribution >= 4 is 41.3 Å². The van der Waals surface area contributed by atoms with Crippen LogP contribution >= 0.6 is 35.3 Å². The molecule has 2 N–H and O–H groups in total. The van der Waals surface area contributed by atoms with E-state index in [2.05, 4.69) is 32.5 Å². The maximum Gasteiger partial charge on any atom is 0.191 e. The zero-order chi connectivity index (χ0) is 16.2. The third kappa shape index (κ3) is 8.70. The molecule has 0 bridgehead atoms. The van der Waals surface area contributed by atoms with Crippen LogP contribution in [0.3, 0.4) is 0 Å². The molecule has 5 nitrogen and oxygen atoms in total. The maximum absolute atomic E-state index is 5.35. The largest absolute Gasteiger partial charge is 0.469 e. The van der Waals surface area contributed by atoms with Gasteiger partial charge in [0.15, 0.2) is 5.96 Å². The molecule has 0 aliphatic carbocycles. The molecule has 0 aliphatic heterocycles. The minimum absolute atomic E-state index is 0. The molecule has 0 saturated heterocycles. The third-order valence-electron chi connectivity index (χ3n) is 3.21. The lowest BCUT2D eigenvalue weighted by molar-refractivity contribution is 0.145. The molecule has 2 aromatic heterocycles. The van der Waals surface area contributed by atoms with Crippen LogP contribution in [-0.2, 0) is 17.7 Å². The molecule has 0 aliphatic rings. The first-order chi connectivity index (χ1) is 11.4. The number of hydrogen-bond acceptors (Lipinski definition) is 4. The molecule has 0 fully saturated rings. The van der Waals surface area contributed by atoms with Gasteiger partial charge in [0.2, 0.25) is 0 Å². The van der Waals surface area contributed by atoms with Crippen molar-refractivity contribution in [3.8, 4) is 0 Å². The van der Waals surface area contributed by atoms with Crippen LogP contribution in [0.25, 0.3) is 0 Å². The van der Waals surface area contributed by atoms with E-state index in [1.54, 1.807) is 17.6 Å². The Balaban J connectivity index is 0.00000288. The SMILES string of the molecule is CCOCCCNC(=NCc1ccsc1)NCCc1ccco1.I. The van der Waals surface area contributed by atoms with Crippen LogP contribution in [0, 0.1) is 0 Å². The van der Waals surface area contributed by atoms with Crippen LogP contribution in [0.15, 0.2) is 44.6 Å². The summed E-state index contributed by atoms with van der Waals surface area (Å²) in [6, 6.07) is 6.00. The fourth-order valence-corrected chi connectivity index (χ4v) is 2.67. The Bertz CT molecular complexity index is 544. The summed E-state index contributed by atoms with van der Waals surface area (Å²) in [6.45, 7) is 5.86. The number of guanidine groups is 1. The number of hydrogen-bond donors (Lipinski definition) is 2. The van der Waals surface area contributed by atoms with Gasteiger partial charge >= 0.3 is 0 Å². The summed E-state index contributed by atoms with van der Waals surface area (Å²) in [5.74, 6) is 1.81. The zero-order valence-corrected chi connectivity index (χ0v) is 17.1. The van der Waals surface area contributed by atoms with E-state index in [1.165, 1.54) is 5.56 Å². The van der Waals surface area contributed by atoms with Gasteiger partial charge in [0, 0.05) is 32.7 Å². The summed E-state index contributed by atoms with van der Waals surface area (Å²) in [7, 11) is 0. The molecule has 0 spiro atoms. The number of ether oxygens (including phenoxy) is 1. The minimum Gasteiger partial charge on any atom is -0.469 e. The van der Waals surface area contributed by atoms with E-state index in [0.717, 1.165) is 50.9 Å². The predicted molar refractivity (Wildman–Crippen MR) is 110 cm³/mol. The summed E-state index contributed by atoms with van der Waals surface area (Å²) >= 11 is 1.70. The van der Waals surface area contributed by atoms with E-state index < -0.39 is 0 Å². The van der Waals surface area contributed by atoms with Crippen molar-refractivity contribution in [2.24, 2.45) is 4.99 Å². The smallest absolute Gasteiger partial charge is 0.191 e. The van der Waals surface area contributed by atoms with E-state index in [4.69, 9.17) is 9.15 Å². The van der Waals surface area contributed by atoms with Crippen molar-refractivity contribution < 1.29 is 9.15 Å². The highest BCUT2D eigenvalue weighted by Crippen LogP contribution is 2.06. The Hall–Kier alpha value is -1.06. The van der Waals surface area contributed by atoms with Gasteiger partial charge < -0.3 is 19.8 Å². The van der Waals surface area contributed by atoms with Gasteiger partial charge in [0.05, 0.1) is 12.8 Å². The summed E-state index contributed by atoms with van der Waals surface area (Å²) in [6.07, 6.45) is 3.50. The van der Waals surface area contributed by atoms with E-state index >= 15 is 0 Å². The van der Waals surface area contributed by atoms with Crippen molar-refractivity contribution in [1.82, 2.24) is 10.6 Å². The summed E-state index contributed by atoms with van der Waals surface area (Å²) in [4.78, 5) is 4.63. The summed E-state index contributed by atoms with van der Waals surface area (Å²) in [5.41, 5.74) is 1.23. The summed E-state index contributed by atoms with van der Waals surface area (Å²) in [5, 5.41) is 10.9. The van der Waals surface area contributed by atoms with E-state index in [-0.39, 0.29) is 24.0 Å². The molecule has 2 aromatic rings. The van der Waals surface area contributed by atoms with Crippen LogP contribution in [0.4, 0.5) is 0 Å². The fourth-order valence-electron chi connectivity index (χ4n) is 2.01. The van der Waals surface area contributed by atoms with Crippen LogP contribution in [0.1, 0.15) is 24.7 Å². The molecular weight excluding hydrogens is 437 g/mol. The van der Waals surface area contributed by atoms with Crippen LogP contribution in [-0.4, -0.2) is 32.3 Å². The second-order valence-electron chi connectivity index (χ2n) is 5.03. The van der Waals surface area contributed by atoms with Crippen molar-refractivity contribution in [3.63, 3.8) is 0 Å². The minimum atomic E-state index is 0. The van der Waals surface area contributed by atoms with Gasteiger partial charge in [-0.1, -0.05) is 0 Å². The number of nitrogens with one attached hydrogen (secondary N) is 2. The van der Waals surface area contributed by atoms with E-state index in [0.29, 0.717) is 6.54 Å². The van der Waals surface area contributed by atoms with Gasteiger partial charge in [-0.15, -0.1) is 24.0 Å². The molecule has 2 rings (SSSR count). The normalized spacial score (nSPS) is 11.1. The topological polar surface area (TPSA) is 58.8 Å². The van der Waals surface area contributed by atoms with Gasteiger partial charge in [-0.3, -0.25) is 0 Å². The number of halogens is 1. The Labute approximate surface area is 164 Å². The zero-order valence-electron chi connectivity index (χ0n) is 14.0. The quantitative estimate of drug-likeness (QED) is 0.245. The van der Waals surface area contributed by atoms with Gasteiger partial charge in [0.25, 0.3) is 0 Å². The van der Waals surface area contributed by atoms with Crippen molar-refractivity contribution in [2.75, 3.05) is 26.3 Å². The highest BCUT2D eigenvalue weighted by atomic mass is 127. The monoisotopic (exact) mass is 463 g/mol. The standard InChI is InChI=1S/C17H25N3O2S.HI/c1-2-21-10-4-8-18-17(20-13-15-7-12-23-14-15)19-9-6-16-5-3-11-22-16;/h3,5,7,11-12,14H,2,4,6,8-10,13H2,1H3,(H2,18,19,20);1H. The Morgan fingerprint density at radius 2 is 2.17 bits per heavy atom. The third-order valence-corrected chi connectivity index (χ3v) is 3.94. The summed E-state index contributed by atoms with van der Waals surface area (Å²) < 4.78 is 10.7. The van der Waals surface area contributed by atoms with Crippen molar-refractivity contribution in [3.05, 3.63) is 46.5 Å². The van der Waals surface area contributed by atoms with Gasteiger partial charge in [0.1, 0.15) is 5.76 Å². The first-order valence-corrected chi connectivity index (χ1v) is 8.96. The molecule has 24 heavy (non-hydrogen) atoms. The Morgan fingerprint density at radius 1 is 1.29 bits per heavy atom. The van der Waals surface area contributed by atoms with Crippen molar-refractivity contribution in [2.45, 2.75) is 26.3 Å². The molecule has 7 heteroatoms. The maximum atomic E-state index is 5.35. The first-order valence-electron chi connectivity index (χ1n) is 8.02. The second kappa shape index (κ2) is 13.3. The van der Waals surface area contributed by atoms with Gasteiger partial charge in [-0.05, 0) is 47.9 Å². The lowest BCUT2D eigenvalue weighted by atomic mass is 10.3. The van der Waals surface area contributed by atoms with Gasteiger partial charge in [-0.2, -0.15) is 11.3 Å². The molecule has 0 aromatic carbocycles. The first kappa shape index (κ1) is 21.0. The van der Waals surface area contributed by atoms with Crippen molar-refractivity contribution in [1.29, 1.82) is 0 Å². The van der Waals surface area contributed by atoms with E-state index in [9.17, 15) is 0 Å². The average molecular weight is 463 g/mol. The lowest BCUT2D eigenvalue weighted by Crippen LogP contribution is -2.39. The lowest BCUT2D eigenvalue weighted by Gasteiger charge is -2.12. The number of furan rings is 1. The molecule has 0 unspecified atom stereocenters. The molecular formula is C17H26IN3O2S. The average Bonchev–Trinajstić information content (AvgIpc) is 3.25. The number of aliphatic imine (C=N–C) groups is 1. The highest BCUT2D eigenvalue weighted by Gasteiger charge is 2.01. The number of thiophene rings is 1. The Morgan fingerprint density at radius 3 is 2.88 bits per heavy atom. The molecule has 0 saturated carbocycles. The van der Waals surface area contributed by atoms with E-state index in [1.807, 2.05) is 19.1 Å². The number of nitrogens with zero attached hydrogens (tertiary/aromatic N) is 1. The molecule has 0 atom stereocenters. The fraction of sp³-hybridized carbons (Fsp3) is 0.471. The second-order valence-corrected chi connectivity index (χ2v) is 5.81. The molecule has 134 valence electrons. The molecule has 2 heterocycles.